The molecular weight excluding hydrogens is 410 g/mol. The van der Waals surface area contributed by atoms with Gasteiger partial charge in [0.25, 0.3) is 0 Å². The minimum Gasteiger partial charge on any atom is -0.497 e. The van der Waals surface area contributed by atoms with Crippen molar-refractivity contribution in [2.75, 3.05) is 13.7 Å². The maximum absolute atomic E-state index is 5.32. The van der Waals surface area contributed by atoms with E-state index in [1.165, 1.54) is 22.4 Å². The molecule has 6 nitrogen and oxygen atoms in total. The van der Waals surface area contributed by atoms with Gasteiger partial charge in [0.2, 0.25) is 0 Å². The first-order chi connectivity index (χ1) is 16.1. The van der Waals surface area contributed by atoms with Crippen molar-refractivity contribution in [1.82, 2.24) is 24.2 Å². The van der Waals surface area contributed by atoms with Gasteiger partial charge in [-0.05, 0) is 31.5 Å². The van der Waals surface area contributed by atoms with Gasteiger partial charge >= 0.3 is 0 Å². The Labute approximate surface area is 195 Å². The molecule has 0 N–H and O–H groups in total. The van der Waals surface area contributed by atoms with Crippen molar-refractivity contribution in [1.29, 1.82) is 0 Å². The highest BCUT2D eigenvalue weighted by atomic mass is 16.5. The standard InChI is InChI=1S/C27H31N5O/c1-4-31-18-23(20(2)29-31)17-30-14-15-32-25(19-30)27(22-8-6-5-7-9-22)28-26(32)16-21-10-12-24(33-3)13-11-21/h5-13,18H,4,14-17,19H2,1-3H3. The Bertz CT molecular complexity index is 1220. The van der Waals surface area contributed by atoms with E-state index in [0.29, 0.717) is 0 Å². The summed E-state index contributed by atoms with van der Waals surface area (Å²) >= 11 is 0. The smallest absolute Gasteiger partial charge is 0.118 e. The number of methoxy groups -OCH3 is 1. The summed E-state index contributed by atoms with van der Waals surface area (Å²) in [4.78, 5) is 7.68. The van der Waals surface area contributed by atoms with Crippen molar-refractivity contribution in [2.45, 2.75) is 46.4 Å². The zero-order valence-corrected chi connectivity index (χ0v) is 19.7. The molecule has 0 spiro atoms. The molecule has 0 aliphatic carbocycles. The van der Waals surface area contributed by atoms with Crippen molar-refractivity contribution >= 4 is 0 Å². The van der Waals surface area contributed by atoms with Crippen molar-refractivity contribution in [2.24, 2.45) is 0 Å². The Hall–Kier alpha value is -3.38. The predicted octanol–water partition coefficient (Wildman–Crippen LogP) is 4.69. The lowest BCUT2D eigenvalue weighted by Crippen LogP contribution is -2.34. The first-order valence-electron chi connectivity index (χ1n) is 11.7. The van der Waals surface area contributed by atoms with Crippen LogP contribution in [0.2, 0.25) is 0 Å². The maximum atomic E-state index is 5.32. The molecule has 0 unspecified atom stereocenters. The van der Waals surface area contributed by atoms with Gasteiger partial charge in [-0.1, -0.05) is 42.5 Å². The molecule has 170 valence electrons. The third-order valence-corrected chi connectivity index (χ3v) is 6.50. The van der Waals surface area contributed by atoms with E-state index in [2.05, 4.69) is 77.1 Å². The van der Waals surface area contributed by atoms with E-state index in [1.807, 2.05) is 16.8 Å². The van der Waals surface area contributed by atoms with Gasteiger partial charge in [0.05, 0.1) is 24.2 Å². The molecule has 0 radical (unpaired) electrons. The lowest BCUT2D eigenvalue weighted by molar-refractivity contribution is 0.211. The van der Waals surface area contributed by atoms with Crippen molar-refractivity contribution in [3.05, 3.63) is 89.1 Å². The highest BCUT2D eigenvalue weighted by Gasteiger charge is 2.25. The summed E-state index contributed by atoms with van der Waals surface area (Å²) in [6.07, 6.45) is 3.00. The molecule has 2 aromatic carbocycles. The quantitative estimate of drug-likeness (QED) is 0.417. The maximum Gasteiger partial charge on any atom is 0.118 e. The number of fused-ring (bicyclic) bond motifs is 1. The number of nitrogens with zero attached hydrogens (tertiary/aromatic N) is 5. The third-order valence-electron chi connectivity index (χ3n) is 6.50. The molecule has 33 heavy (non-hydrogen) atoms. The van der Waals surface area contributed by atoms with Gasteiger partial charge in [0.15, 0.2) is 0 Å². The van der Waals surface area contributed by atoms with Crippen LogP contribution in [0.3, 0.4) is 0 Å². The predicted molar refractivity (Wildman–Crippen MR) is 130 cm³/mol. The van der Waals surface area contributed by atoms with E-state index in [4.69, 9.17) is 9.72 Å². The first-order valence-corrected chi connectivity index (χ1v) is 11.7. The van der Waals surface area contributed by atoms with Crippen LogP contribution in [-0.2, 0) is 32.6 Å². The summed E-state index contributed by atoms with van der Waals surface area (Å²) < 4.78 is 9.78. The molecule has 6 heteroatoms. The molecule has 0 saturated carbocycles. The summed E-state index contributed by atoms with van der Waals surface area (Å²) in [6, 6.07) is 18.9. The van der Waals surface area contributed by atoms with Crippen LogP contribution in [0.25, 0.3) is 11.3 Å². The average Bonchev–Trinajstić information content (AvgIpc) is 3.39. The summed E-state index contributed by atoms with van der Waals surface area (Å²) in [5.41, 5.74) is 7.26. The lowest BCUT2D eigenvalue weighted by Gasteiger charge is -2.29. The minimum absolute atomic E-state index is 0.812. The van der Waals surface area contributed by atoms with Crippen LogP contribution in [0.5, 0.6) is 5.75 Å². The number of ether oxygens (including phenoxy) is 1. The summed E-state index contributed by atoms with van der Waals surface area (Å²) in [6.45, 7) is 8.89. The lowest BCUT2D eigenvalue weighted by atomic mass is 10.1. The Morgan fingerprint density at radius 3 is 2.48 bits per heavy atom. The molecule has 0 saturated heterocycles. The second kappa shape index (κ2) is 9.24. The SMILES string of the molecule is CCn1cc(CN2CCn3c(Cc4ccc(OC)cc4)nc(-c4ccccc4)c3C2)c(C)n1. The van der Waals surface area contributed by atoms with E-state index in [-0.39, 0.29) is 0 Å². The zero-order valence-electron chi connectivity index (χ0n) is 19.7. The Balaban J connectivity index is 1.45. The average molecular weight is 442 g/mol. The number of aryl methyl sites for hydroxylation is 2. The normalized spacial score (nSPS) is 13.8. The van der Waals surface area contributed by atoms with E-state index >= 15 is 0 Å². The molecule has 1 aliphatic heterocycles. The fraction of sp³-hybridized carbons (Fsp3) is 0.333. The number of imidazole rings is 1. The van der Waals surface area contributed by atoms with E-state index in [9.17, 15) is 0 Å². The molecule has 1 aliphatic rings. The minimum atomic E-state index is 0.812. The van der Waals surface area contributed by atoms with Gasteiger partial charge in [-0.15, -0.1) is 0 Å². The van der Waals surface area contributed by atoms with E-state index in [1.54, 1.807) is 7.11 Å². The molecule has 2 aromatic heterocycles. The summed E-state index contributed by atoms with van der Waals surface area (Å²) in [5.74, 6) is 2.01. The molecule has 4 aromatic rings. The first kappa shape index (κ1) is 21.5. The molecule has 0 bridgehead atoms. The number of aromatic nitrogens is 4. The molecule has 0 amide bonds. The fourth-order valence-electron chi connectivity index (χ4n) is 4.63. The molecular formula is C27H31N5O. The van der Waals surface area contributed by atoms with Crippen LogP contribution in [0.4, 0.5) is 0 Å². The monoisotopic (exact) mass is 441 g/mol. The van der Waals surface area contributed by atoms with E-state index in [0.717, 1.165) is 62.1 Å². The van der Waals surface area contributed by atoms with Crippen LogP contribution in [0, 0.1) is 6.92 Å². The van der Waals surface area contributed by atoms with Gasteiger partial charge in [0, 0.05) is 56.5 Å². The van der Waals surface area contributed by atoms with Crippen molar-refractivity contribution in [3.8, 4) is 17.0 Å². The summed E-state index contributed by atoms with van der Waals surface area (Å²) in [7, 11) is 1.70. The van der Waals surface area contributed by atoms with Crippen LogP contribution in [-0.4, -0.2) is 37.9 Å². The zero-order chi connectivity index (χ0) is 22.8. The largest absolute Gasteiger partial charge is 0.497 e. The van der Waals surface area contributed by atoms with Gasteiger partial charge in [-0.3, -0.25) is 9.58 Å². The van der Waals surface area contributed by atoms with Crippen LogP contribution < -0.4 is 4.74 Å². The Kier molecular flexibility index (Phi) is 6.01. The molecule has 5 rings (SSSR count). The number of rotatable bonds is 7. The topological polar surface area (TPSA) is 48.1 Å². The molecule has 3 heterocycles. The number of hydrogen-bond donors (Lipinski definition) is 0. The second-order valence-electron chi connectivity index (χ2n) is 8.67. The third kappa shape index (κ3) is 4.44. The molecule has 0 atom stereocenters. The summed E-state index contributed by atoms with van der Waals surface area (Å²) in [5, 5.41) is 4.63. The molecule has 0 fully saturated rings. The van der Waals surface area contributed by atoms with Gasteiger partial charge in [-0.2, -0.15) is 5.10 Å². The number of benzene rings is 2. The Morgan fingerprint density at radius 1 is 1.00 bits per heavy atom. The highest BCUT2D eigenvalue weighted by Crippen LogP contribution is 2.30. The number of hydrogen-bond acceptors (Lipinski definition) is 4. The van der Waals surface area contributed by atoms with Crippen molar-refractivity contribution < 1.29 is 4.74 Å². The Morgan fingerprint density at radius 2 is 1.79 bits per heavy atom. The highest BCUT2D eigenvalue weighted by molar-refractivity contribution is 5.62. The van der Waals surface area contributed by atoms with Gasteiger partial charge in [-0.25, -0.2) is 4.98 Å². The van der Waals surface area contributed by atoms with Crippen LogP contribution >= 0.6 is 0 Å². The van der Waals surface area contributed by atoms with Crippen molar-refractivity contribution in [3.63, 3.8) is 0 Å². The van der Waals surface area contributed by atoms with E-state index < -0.39 is 0 Å². The van der Waals surface area contributed by atoms with Crippen LogP contribution in [0.15, 0.2) is 60.8 Å². The fourth-order valence-corrected chi connectivity index (χ4v) is 4.63. The van der Waals surface area contributed by atoms with Gasteiger partial charge < -0.3 is 9.30 Å². The second-order valence-corrected chi connectivity index (χ2v) is 8.67. The van der Waals surface area contributed by atoms with Crippen LogP contribution in [0.1, 0.15) is 35.3 Å². The van der Waals surface area contributed by atoms with Gasteiger partial charge in [0.1, 0.15) is 11.6 Å².